The SMILES string of the molecule is O=C(CCSc1ccc(Br)cc1)NCc1cccc(CN2CCOCC2)c1. The van der Waals surface area contributed by atoms with E-state index in [4.69, 9.17) is 4.74 Å². The summed E-state index contributed by atoms with van der Waals surface area (Å²) < 4.78 is 6.47. The van der Waals surface area contributed by atoms with Gasteiger partial charge in [-0.1, -0.05) is 40.2 Å². The van der Waals surface area contributed by atoms with Gasteiger partial charge in [-0.05, 0) is 35.4 Å². The number of halogens is 1. The molecule has 0 aromatic heterocycles. The zero-order valence-electron chi connectivity index (χ0n) is 15.3. The first-order valence-electron chi connectivity index (χ1n) is 9.22. The maximum absolute atomic E-state index is 12.1. The van der Waals surface area contributed by atoms with E-state index in [-0.39, 0.29) is 5.91 Å². The van der Waals surface area contributed by atoms with Crippen molar-refractivity contribution in [3.05, 3.63) is 64.1 Å². The van der Waals surface area contributed by atoms with Crippen LogP contribution in [0.4, 0.5) is 0 Å². The van der Waals surface area contributed by atoms with Crippen molar-refractivity contribution < 1.29 is 9.53 Å². The van der Waals surface area contributed by atoms with Crippen LogP contribution in [0.15, 0.2) is 57.9 Å². The minimum Gasteiger partial charge on any atom is -0.379 e. The first-order chi connectivity index (χ1) is 13.2. The molecule has 144 valence electrons. The number of amides is 1. The Labute approximate surface area is 173 Å². The number of carbonyl (C=O) groups excluding carboxylic acids is 1. The first kappa shape index (κ1) is 20.4. The van der Waals surface area contributed by atoms with Crippen molar-refractivity contribution in [2.45, 2.75) is 24.4 Å². The normalized spacial score (nSPS) is 14.9. The molecule has 0 atom stereocenters. The topological polar surface area (TPSA) is 41.6 Å². The lowest BCUT2D eigenvalue weighted by atomic mass is 10.1. The number of morpholine rings is 1. The highest BCUT2D eigenvalue weighted by atomic mass is 79.9. The molecule has 0 spiro atoms. The third kappa shape index (κ3) is 7.30. The number of carbonyl (C=O) groups is 1. The molecule has 2 aromatic carbocycles. The number of thioether (sulfide) groups is 1. The van der Waals surface area contributed by atoms with Crippen LogP contribution >= 0.6 is 27.7 Å². The average Bonchev–Trinajstić information content (AvgIpc) is 2.69. The second-order valence-electron chi connectivity index (χ2n) is 6.54. The standard InChI is InChI=1S/C21H25BrN2O2S/c22-19-4-6-20(7-5-19)27-13-8-21(25)23-15-17-2-1-3-18(14-17)16-24-9-11-26-12-10-24/h1-7,14H,8-13,15-16H2,(H,23,25). The molecule has 0 unspecified atom stereocenters. The lowest BCUT2D eigenvalue weighted by Gasteiger charge is -2.26. The molecule has 1 aliphatic rings. The van der Waals surface area contributed by atoms with Crippen LogP contribution in [0.25, 0.3) is 0 Å². The van der Waals surface area contributed by atoms with Gasteiger partial charge in [0.25, 0.3) is 0 Å². The van der Waals surface area contributed by atoms with Crippen LogP contribution in [0, 0.1) is 0 Å². The molecule has 1 N–H and O–H groups in total. The predicted molar refractivity (Wildman–Crippen MR) is 114 cm³/mol. The third-order valence-electron chi connectivity index (χ3n) is 4.40. The van der Waals surface area contributed by atoms with E-state index >= 15 is 0 Å². The Morgan fingerprint density at radius 3 is 2.63 bits per heavy atom. The first-order valence-corrected chi connectivity index (χ1v) is 11.0. The van der Waals surface area contributed by atoms with Gasteiger partial charge < -0.3 is 10.1 Å². The van der Waals surface area contributed by atoms with E-state index in [9.17, 15) is 4.79 Å². The molecule has 2 aromatic rings. The molecule has 0 saturated carbocycles. The highest BCUT2D eigenvalue weighted by molar-refractivity contribution is 9.10. The Kier molecular flexibility index (Phi) is 8.20. The number of hydrogen-bond acceptors (Lipinski definition) is 4. The largest absolute Gasteiger partial charge is 0.379 e. The fraction of sp³-hybridized carbons (Fsp3) is 0.381. The van der Waals surface area contributed by atoms with Gasteiger partial charge in [0, 0.05) is 47.7 Å². The maximum Gasteiger partial charge on any atom is 0.221 e. The summed E-state index contributed by atoms with van der Waals surface area (Å²) in [5.74, 6) is 0.878. The van der Waals surface area contributed by atoms with E-state index in [1.807, 2.05) is 12.1 Å². The van der Waals surface area contributed by atoms with Gasteiger partial charge in [-0.2, -0.15) is 0 Å². The minimum atomic E-state index is 0.0956. The van der Waals surface area contributed by atoms with Crippen molar-refractivity contribution in [3.8, 4) is 0 Å². The molecular formula is C21H25BrN2O2S. The molecule has 6 heteroatoms. The fourth-order valence-electron chi connectivity index (χ4n) is 2.94. The molecule has 1 aliphatic heterocycles. The Bertz CT molecular complexity index is 733. The summed E-state index contributed by atoms with van der Waals surface area (Å²) in [6.45, 7) is 5.11. The minimum absolute atomic E-state index is 0.0956. The second-order valence-corrected chi connectivity index (χ2v) is 8.62. The lowest BCUT2D eigenvalue weighted by Crippen LogP contribution is -2.35. The van der Waals surface area contributed by atoms with E-state index in [1.54, 1.807) is 11.8 Å². The molecule has 0 aliphatic carbocycles. The highest BCUT2D eigenvalue weighted by Gasteiger charge is 2.11. The van der Waals surface area contributed by atoms with E-state index in [2.05, 4.69) is 62.5 Å². The van der Waals surface area contributed by atoms with E-state index in [0.29, 0.717) is 13.0 Å². The van der Waals surface area contributed by atoms with Gasteiger partial charge in [-0.15, -0.1) is 11.8 Å². The zero-order valence-corrected chi connectivity index (χ0v) is 17.7. The van der Waals surface area contributed by atoms with Crippen LogP contribution in [0.3, 0.4) is 0 Å². The summed E-state index contributed by atoms with van der Waals surface area (Å²) in [6, 6.07) is 16.6. The number of nitrogens with zero attached hydrogens (tertiary/aromatic N) is 1. The summed E-state index contributed by atoms with van der Waals surface area (Å²) in [5.41, 5.74) is 2.43. The highest BCUT2D eigenvalue weighted by Crippen LogP contribution is 2.21. The summed E-state index contributed by atoms with van der Waals surface area (Å²) in [7, 11) is 0. The fourth-order valence-corrected chi connectivity index (χ4v) is 4.05. The van der Waals surface area contributed by atoms with E-state index < -0.39 is 0 Å². The van der Waals surface area contributed by atoms with Crippen LogP contribution < -0.4 is 5.32 Å². The summed E-state index contributed by atoms with van der Waals surface area (Å²) in [4.78, 5) is 15.7. The van der Waals surface area contributed by atoms with Gasteiger partial charge in [0.15, 0.2) is 0 Å². The number of nitrogens with one attached hydrogen (secondary N) is 1. The third-order valence-corrected chi connectivity index (χ3v) is 5.94. The number of hydrogen-bond donors (Lipinski definition) is 1. The van der Waals surface area contributed by atoms with Crippen molar-refractivity contribution in [1.82, 2.24) is 10.2 Å². The zero-order chi connectivity index (χ0) is 18.9. The number of rotatable bonds is 8. The summed E-state index contributed by atoms with van der Waals surface area (Å²) in [6.07, 6.45) is 0.522. The molecule has 4 nitrogen and oxygen atoms in total. The van der Waals surface area contributed by atoms with Gasteiger partial charge in [0.2, 0.25) is 5.91 Å². The van der Waals surface area contributed by atoms with E-state index in [0.717, 1.165) is 48.6 Å². The quantitative estimate of drug-likeness (QED) is 0.617. The van der Waals surface area contributed by atoms with Gasteiger partial charge in [-0.25, -0.2) is 0 Å². The monoisotopic (exact) mass is 448 g/mol. The second kappa shape index (κ2) is 10.9. The Hall–Kier alpha value is -1.34. The van der Waals surface area contributed by atoms with Crippen LogP contribution in [-0.2, 0) is 22.6 Å². The van der Waals surface area contributed by atoms with Crippen molar-refractivity contribution in [2.75, 3.05) is 32.1 Å². The molecule has 0 bridgehead atoms. The summed E-state index contributed by atoms with van der Waals surface area (Å²) >= 11 is 5.13. The predicted octanol–water partition coefficient (Wildman–Crippen LogP) is 4.08. The van der Waals surface area contributed by atoms with Crippen LogP contribution in [0.2, 0.25) is 0 Å². The Morgan fingerprint density at radius 2 is 1.85 bits per heavy atom. The van der Waals surface area contributed by atoms with Crippen molar-refractivity contribution in [1.29, 1.82) is 0 Å². The van der Waals surface area contributed by atoms with Crippen LogP contribution in [0.5, 0.6) is 0 Å². The lowest BCUT2D eigenvalue weighted by molar-refractivity contribution is -0.120. The van der Waals surface area contributed by atoms with Gasteiger partial charge in [0.05, 0.1) is 13.2 Å². The van der Waals surface area contributed by atoms with Gasteiger partial charge >= 0.3 is 0 Å². The van der Waals surface area contributed by atoms with Gasteiger partial charge in [0.1, 0.15) is 0 Å². The molecule has 3 rings (SSSR count). The van der Waals surface area contributed by atoms with Crippen molar-refractivity contribution in [2.24, 2.45) is 0 Å². The molecule has 1 fully saturated rings. The van der Waals surface area contributed by atoms with Crippen LogP contribution in [-0.4, -0.2) is 42.9 Å². The molecular weight excluding hydrogens is 424 g/mol. The number of benzene rings is 2. The molecule has 1 amide bonds. The maximum atomic E-state index is 12.1. The number of ether oxygens (including phenoxy) is 1. The van der Waals surface area contributed by atoms with Crippen molar-refractivity contribution in [3.63, 3.8) is 0 Å². The smallest absolute Gasteiger partial charge is 0.221 e. The average molecular weight is 449 g/mol. The van der Waals surface area contributed by atoms with E-state index in [1.165, 1.54) is 10.5 Å². The van der Waals surface area contributed by atoms with Crippen molar-refractivity contribution >= 4 is 33.6 Å². The molecule has 27 heavy (non-hydrogen) atoms. The Balaban J connectivity index is 1.39. The summed E-state index contributed by atoms with van der Waals surface area (Å²) in [5, 5.41) is 3.03. The molecule has 1 heterocycles. The molecule has 0 radical (unpaired) electrons. The van der Waals surface area contributed by atoms with Gasteiger partial charge in [-0.3, -0.25) is 9.69 Å². The van der Waals surface area contributed by atoms with Crippen LogP contribution in [0.1, 0.15) is 17.5 Å². The molecule has 1 saturated heterocycles. The Morgan fingerprint density at radius 1 is 1.11 bits per heavy atom.